The summed E-state index contributed by atoms with van der Waals surface area (Å²) in [7, 11) is 0. The van der Waals surface area contributed by atoms with Gasteiger partial charge in [0.05, 0.1) is 5.56 Å². The van der Waals surface area contributed by atoms with Crippen LogP contribution < -0.4 is 10.1 Å². The van der Waals surface area contributed by atoms with Crippen molar-refractivity contribution in [2.75, 3.05) is 13.2 Å². The summed E-state index contributed by atoms with van der Waals surface area (Å²) in [6.45, 7) is 0.493. The Morgan fingerprint density at radius 3 is 2.85 bits per heavy atom. The molecular formula is C15H15NO3S. The molecule has 1 aromatic heterocycles. The standard InChI is InChI=1S/C15H15NO3S/c17-10-12-4-1-2-6-14(12)19-11-15(18)16-8-7-13-5-3-9-20-13/h1-6,9-10H,7-8,11H2,(H,16,18). The van der Waals surface area contributed by atoms with Gasteiger partial charge in [0.15, 0.2) is 12.9 Å². The average Bonchev–Trinajstić information content (AvgIpc) is 2.98. The van der Waals surface area contributed by atoms with Gasteiger partial charge in [-0.25, -0.2) is 0 Å². The molecule has 0 bridgehead atoms. The minimum absolute atomic E-state index is 0.0880. The van der Waals surface area contributed by atoms with E-state index in [-0.39, 0.29) is 12.5 Å². The first-order valence-corrected chi connectivity index (χ1v) is 7.13. The van der Waals surface area contributed by atoms with Crippen molar-refractivity contribution in [1.82, 2.24) is 5.32 Å². The van der Waals surface area contributed by atoms with Crippen LogP contribution in [0.1, 0.15) is 15.2 Å². The van der Waals surface area contributed by atoms with Gasteiger partial charge in [-0.1, -0.05) is 18.2 Å². The van der Waals surface area contributed by atoms with E-state index in [1.54, 1.807) is 35.6 Å². The largest absolute Gasteiger partial charge is 0.483 e. The normalized spacial score (nSPS) is 10.0. The first kappa shape index (κ1) is 14.3. The molecular weight excluding hydrogens is 274 g/mol. The topological polar surface area (TPSA) is 55.4 Å². The maximum absolute atomic E-state index is 11.6. The van der Waals surface area contributed by atoms with Gasteiger partial charge in [-0.3, -0.25) is 9.59 Å². The molecule has 1 heterocycles. The van der Waals surface area contributed by atoms with Crippen LogP contribution in [-0.4, -0.2) is 25.3 Å². The molecule has 0 aliphatic carbocycles. The maximum atomic E-state index is 11.6. The zero-order valence-electron chi connectivity index (χ0n) is 10.9. The Hall–Kier alpha value is -2.14. The molecule has 104 valence electrons. The lowest BCUT2D eigenvalue weighted by molar-refractivity contribution is -0.123. The van der Waals surface area contributed by atoms with E-state index >= 15 is 0 Å². The zero-order valence-corrected chi connectivity index (χ0v) is 11.7. The van der Waals surface area contributed by atoms with E-state index < -0.39 is 0 Å². The van der Waals surface area contributed by atoms with Crippen LogP contribution in [0.15, 0.2) is 41.8 Å². The fraction of sp³-hybridized carbons (Fsp3) is 0.200. The summed E-state index contributed by atoms with van der Waals surface area (Å²) in [5.74, 6) is 0.234. The lowest BCUT2D eigenvalue weighted by Crippen LogP contribution is -2.30. The molecule has 2 rings (SSSR count). The van der Waals surface area contributed by atoms with E-state index in [1.165, 1.54) is 4.88 Å². The van der Waals surface area contributed by atoms with Crippen molar-refractivity contribution in [2.45, 2.75) is 6.42 Å². The Balaban J connectivity index is 1.73. The van der Waals surface area contributed by atoms with Crippen LogP contribution in [0.2, 0.25) is 0 Å². The van der Waals surface area contributed by atoms with Crippen LogP contribution >= 0.6 is 11.3 Å². The quantitative estimate of drug-likeness (QED) is 0.796. The van der Waals surface area contributed by atoms with Crippen LogP contribution in [0, 0.1) is 0 Å². The van der Waals surface area contributed by atoms with Gasteiger partial charge < -0.3 is 10.1 Å². The number of hydrogen-bond donors (Lipinski definition) is 1. The van der Waals surface area contributed by atoms with Gasteiger partial charge >= 0.3 is 0 Å². The second-order valence-electron chi connectivity index (χ2n) is 4.12. The highest BCUT2D eigenvalue weighted by Crippen LogP contribution is 2.15. The van der Waals surface area contributed by atoms with Gasteiger partial charge in [-0.15, -0.1) is 11.3 Å². The molecule has 4 nitrogen and oxygen atoms in total. The van der Waals surface area contributed by atoms with Crippen molar-refractivity contribution in [2.24, 2.45) is 0 Å². The zero-order chi connectivity index (χ0) is 14.2. The summed E-state index contributed by atoms with van der Waals surface area (Å²) < 4.78 is 5.34. The first-order chi connectivity index (χ1) is 9.79. The number of benzene rings is 1. The van der Waals surface area contributed by atoms with Crippen molar-refractivity contribution in [3.63, 3.8) is 0 Å². The number of aldehydes is 1. The van der Waals surface area contributed by atoms with E-state index in [2.05, 4.69) is 5.32 Å². The molecule has 1 N–H and O–H groups in total. The number of amides is 1. The molecule has 1 amide bonds. The summed E-state index contributed by atoms with van der Waals surface area (Å²) >= 11 is 1.67. The molecule has 0 saturated heterocycles. The SMILES string of the molecule is O=Cc1ccccc1OCC(=O)NCCc1cccs1. The first-order valence-electron chi connectivity index (χ1n) is 6.25. The number of carbonyl (C=O) groups excluding carboxylic acids is 2. The molecule has 0 atom stereocenters. The predicted molar refractivity (Wildman–Crippen MR) is 78.4 cm³/mol. The predicted octanol–water partition coefficient (Wildman–Crippen LogP) is 2.30. The van der Waals surface area contributed by atoms with Gasteiger partial charge in [0.25, 0.3) is 5.91 Å². The van der Waals surface area contributed by atoms with Crippen molar-refractivity contribution in [1.29, 1.82) is 0 Å². The van der Waals surface area contributed by atoms with Crippen LogP contribution in [0.4, 0.5) is 0 Å². The fourth-order valence-corrected chi connectivity index (χ4v) is 2.39. The summed E-state index contributed by atoms with van der Waals surface area (Å²) in [6.07, 6.45) is 1.53. The highest BCUT2D eigenvalue weighted by atomic mass is 32.1. The second kappa shape index (κ2) is 7.45. The molecule has 5 heteroatoms. The lowest BCUT2D eigenvalue weighted by Gasteiger charge is -2.08. The molecule has 0 unspecified atom stereocenters. The third-order valence-corrected chi connectivity index (χ3v) is 3.61. The fourth-order valence-electron chi connectivity index (χ4n) is 1.68. The summed E-state index contributed by atoms with van der Waals surface area (Å²) in [4.78, 5) is 23.7. The highest BCUT2D eigenvalue weighted by Gasteiger charge is 2.05. The van der Waals surface area contributed by atoms with Crippen molar-refractivity contribution in [3.05, 3.63) is 52.2 Å². The number of thiophene rings is 1. The van der Waals surface area contributed by atoms with Crippen molar-refractivity contribution < 1.29 is 14.3 Å². The van der Waals surface area contributed by atoms with Crippen molar-refractivity contribution >= 4 is 23.5 Å². The molecule has 0 aliphatic rings. The van der Waals surface area contributed by atoms with Crippen LogP contribution in [-0.2, 0) is 11.2 Å². The Labute approximate surface area is 121 Å². The van der Waals surface area contributed by atoms with Gasteiger partial charge in [0.2, 0.25) is 0 Å². The monoisotopic (exact) mass is 289 g/mol. The van der Waals surface area contributed by atoms with E-state index in [4.69, 9.17) is 4.74 Å². The van der Waals surface area contributed by atoms with Gasteiger partial charge in [-0.2, -0.15) is 0 Å². The Bertz CT molecular complexity index is 566. The van der Waals surface area contributed by atoms with Crippen LogP contribution in [0.5, 0.6) is 5.75 Å². The molecule has 0 spiro atoms. The summed E-state index contributed by atoms with van der Waals surface area (Å²) in [5, 5.41) is 4.79. The highest BCUT2D eigenvalue weighted by molar-refractivity contribution is 7.09. The van der Waals surface area contributed by atoms with Gasteiger partial charge in [0, 0.05) is 11.4 Å². The van der Waals surface area contributed by atoms with E-state index in [9.17, 15) is 9.59 Å². The molecule has 0 saturated carbocycles. The molecule has 20 heavy (non-hydrogen) atoms. The number of para-hydroxylation sites is 1. The Kier molecular flexibility index (Phi) is 5.32. The third-order valence-electron chi connectivity index (χ3n) is 2.68. The van der Waals surface area contributed by atoms with Crippen LogP contribution in [0.25, 0.3) is 0 Å². The van der Waals surface area contributed by atoms with Crippen molar-refractivity contribution in [3.8, 4) is 5.75 Å². The summed E-state index contributed by atoms with van der Waals surface area (Å²) in [5.41, 5.74) is 0.443. The smallest absolute Gasteiger partial charge is 0.257 e. The molecule has 0 aliphatic heterocycles. The van der Waals surface area contributed by atoms with E-state index in [1.807, 2.05) is 17.5 Å². The van der Waals surface area contributed by atoms with E-state index in [0.29, 0.717) is 24.1 Å². The second-order valence-corrected chi connectivity index (χ2v) is 5.16. The molecule has 0 radical (unpaired) electrons. The van der Waals surface area contributed by atoms with Gasteiger partial charge in [-0.05, 0) is 30.0 Å². The minimum atomic E-state index is -0.192. The average molecular weight is 289 g/mol. The number of nitrogens with one attached hydrogen (secondary N) is 1. The number of rotatable bonds is 7. The minimum Gasteiger partial charge on any atom is -0.483 e. The number of carbonyl (C=O) groups is 2. The lowest BCUT2D eigenvalue weighted by atomic mass is 10.2. The third kappa shape index (κ3) is 4.20. The van der Waals surface area contributed by atoms with Crippen LogP contribution in [0.3, 0.4) is 0 Å². The maximum Gasteiger partial charge on any atom is 0.257 e. The Morgan fingerprint density at radius 2 is 2.10 bits per heavy atom. The molecule has 2 aromatic rings. The molecule has 0 fully saturated rings. The van der Waals surface area contributed by atoms with E-state index in [0.717, 1.165) is 6.42 Å². The number of ether oxygens (including phenoxy) is 1. The molecule has 1 aromatic carbocycles. The summed E-state index contributed by atoms with van der Waals surface area (Å²) in [6, 6.07) is 10.9. The van der Waals surface area contributed by atoms with Gasteiger partial charge in [0.1, 0.15) is 5.75 Å². The number of hydrogen-bond acceptors (Lipinski definition) is 4. The Morgan fingerprint density at radius 1 is 1.25 bits per heavy atom.